The third-order valence-electron chi connectivity index (χ3n) is 1.46. The van der Waals surface area contributed by atoms with Crippen LogP contribution in [0.3, 0.4) is 0 Å². The fourth-order valence-electron chi connectivity index (χ4n) is 0.843. The summed E-state index contributed by atoms with van der Waals surface area (Å²) >= 11 is 1.57. The molecule has 0 fully saturated rings. The number of nitrogens with zero attached hydrogens (tertiary/aromatic N) is 1. The fourth-order valence-corrected chi connectivity index (χ4v) is 1.63. The van der Waals surface area contributed by atoms with E-state index >= 15 is 0 Å². The summed E-state index contributed by atoms with van der Waals surface area (Å²) in [6.07, 6.45) is 2.60. The van der Waals surface area contributed by atoms with Gasteiger partial charge in [-0.3, -0.25) is 4.79 Å². The highest BCUT2D eigenvalue weighted by atomic mass is 32.2. The average Bonchev–Trinajstić information content (AvgIpc) is 2.13. The molecular formula is C8H13N3OS. The Bertz CT molecular complexity index is 299. The van der Waals surface area contributed by atoms with E-state index in [9.17, 15) is 4.79 Å². The number of aromatic nitrogens is 2. The zero-order valence-corrected chi connectivity index (χ0v) is 8.36. The summed E-state index contributed by atoms with van der Waals surface area (Å²) in [5.41, 5.74) is -0.0916. The van der Waals surface area contributed by atoms with Crippen LogP contribution in [0.4, 0.5) is 0 Å². The summed E-state index contributed by atoms with van der Waals surface area (Å²) in [5, 5.41) is 3.76. The number of H-pyrrole nitrogens is 1. The molecule has 13 heavy (non-hydrogen) atoms. The number of thioether (sulfide) groups is 1. The van der Waals surface area contributed by atoms with Gasteiger partial charge in [-0.05, 0) is 20.0 Å². The molecule has 0 saturated heterocycles. The van der Waals surface area contributed by atoms with Crippen molar-refractivity contribution in [3.63, 3.8) is 0 Å². The maximum Gasteiger partial charge on any atom is 0.251 e. The van der Waals surface area contributed by atoms with Crippen LogP contribution in [0.15, 0.2) is 22.2 Å². The van der Waals surface area contributed by atoms with Gasteiger partial charge in [0, 0.05) is 18.0 Å². The quantitative estimate of drug-likeness (QED) is 0.411. The van der Waals surface area contributed by atoms with Crippen molar-refractivity contribution in [2.45, 2.75) is 11.6 Å². The molecule has 4 nitrogen and oxygen atoms in total. The normalized spacial score (nSPS) is 10.2. The maximum atomic E-state index is 10.9. The van der Waals surface area contributed by atoms with Crippen LogP contribution in [0.25, 0.3) is 0 Å². The van der Waals surface area contributed by atoms with Gasteiger partial charge in [-0.15, -0.1) is 0 Å². The average molecular weight is 199 g/mol. The summed E-state index contributed by atoms with van der Waals surface area (Å²) in [5.74, 6) is 0.966. The first-order chi connectivity index (χ1) is 6.33. The van der Waals surface area contributed by atoms with E-state index in [1.807, 2.05) is 7.05 Å². The predicted octanol–water partition coefficient (Wildman–Crippen LogP) is 0.472. The molecule has 1 aromatic heterocycles. The molecule has 0 amide bonds. The van der Waals surface area contributed by atoms with E-state index in [1.165, 1.54) is 12.3 Å². The summed E-state index contributed by atoms with van der Waals surface area (Å²) in [6, 6.07) is 1.41. The first-order valence-electron chi connectivity index (χ1n) is 4.15. The zero-order valence-electron chi connectivity index (χ0n) is 7.54. The van der Waals surface area contributed by atoms with E-state index in [-0.39, 0.29) is 5.56 Å². The van der Waals surface area contributed by atoms with Gasteiger partial charge in [0.25, 0.3) is 5.56 Å². The van der Waals surface area contributed by atoms with E-state index in [0.717, 1.165) is 18.7 Å². The molecule has 0 radical (unpaired) electrons. The topological polar surface area (TPSA) is 57.8 Å². The minimum Gasteiger partial charge on any atom is -0.320 e. The van der Waals surface area contributed by atoms with Gasteiger partial charge in [-0.1, -0.05) is 11.8 Å². The highest BCUT2D eigenvalue weighted by molar-refractivity contribution is 7.99. The highest BCUT2D eigenvalue weighted by Gasteiger charge is 1.94. The first kappa shape index (κ1) is 10.3. The van der Waals surface area contributed by atoms with Crippen molar-refractivity contribution in [3.8, 4) is 0 Å². The first-order valence-corrected chi connectivity index (χ1v) is 5.14. The van der Waals surface area contributed by atoms with Crippen molar-refractivity contribution in [3.05, 3.63) is 22.6 Å². The molecule has 0 unspecified atom stereocenters. The van der Waals surface area contributed by atoms with Crippen molar-refractivity contribution in [1.29, 1.82) is 0 Å². The summed E-state index contributed by atoms with van der Waals surface area (Å²) in [4.78, 5) is 17.5. The Balaban J connectivity index is 2.33. The minimum absolute atomic E-state index is 0.0916. The highest BCUT2D eigenvalue weighted by Crippen LogP contribution is 2.10. The molecule has 5 heteroatoms. The number of nitrogens with one attached hydrogen (secondary N) is 2. The smallest absolute Gasteiger partial charge is 0.251 e. The lowest BCUT2D eigenvalue weighted by Crippen LogP contribution is -2.09. The molecule has 0 spiro atoms. The van der Waals surface area contributed by atoms with Gasteiger partial charge in [0.15, 0.2) is 5.16 Å². The monoisotopic (exact) mass is 199 g/mol. The van der Waals surface area contributed by atoms with Crippen molar-refractivity contribution in [2.24, 2.45) is 0 Å². The molecule has 0 aliphatic rings. The predicted molar refractivity (Wildman–Crippen MR) is 54.1 cm³/mol. The lowest BCUT2D eigenvalue weighted by molar-refractivity contribution is 0.776. The summed E-state index contributed by atoms with van der Waals surface area (Å²) < 4.78 is 0. The molecule has 0 aliphatic heterocycles. The van der Waals surface area contributed by atoms with Gasteiger partial charge in [-0.2, -0.15) is 0 Å². The van der Waals surface area contributed by atoms with Gasteiger partial charge >= 0.3 is 0 Å². The lowest BCUT2D eigenvalue weighted by Gasteiger charge is -1.99. The summed E-state index contributed by atoms with van der Waals surface area (Å²) in [6.45, 7) is 0.990. The van der Waals surface area contributed by atoms with E-state index in [1.54, 1.807) is 11.8 Å². The molecule has 72 valence electrons. The third-order valence-corrected chi connectivity index (χ3v) is 2.43. The van der Waals surface area contributed by atoms with Gasteiger partial charge in [-0.25, -0.2) is 4.98 Å². The molecule has 1 aromatic rings. The van der Waals surface area contributed by atoms with Gasteiger partial charge in [0.2, 0.25) is 0 Å². The Morgan fingerprint density at radius 2 is 2.54 bits per heavy atom. The van der Waals surface area contributed by atoms with E-state index in [2.05, 4.69) is 15.3 Å². The van der Waals surface area contributed by atoms with Crippen molar-refractivity contribution < 1.29 is 0 Å². The van der Waals surface area contributed by atoms with E-state index < -0.39 is 0 Å². The van der Waals surface area contributed by atoms with Crippen LogP contribution in [0.5, 0.6) is 0 Å². The fraction of sp³-hybridized carbons (Fsp3) is 0.500. The number of rotatable bonds is 5. The van der Waals surface area contributed by atoms with Crippen molar-refractivity contribution >= 4 is 11.8 Å². The van der Waals surface area contributed by atoms with Crippen LogP contribution in [0.2, 0.25) is 0 Å². The van der Waals surface area contributed by atoms with Gasteiger partial charge in [0.05, 0.1) is 0 Å². The Labute approximate surface area is 81.2 Å². The molecule has 0 aliphatic carbocycles. The van der Waals surface area contributed by atoms with Crippen LogP contribution in [-0.4, -0.2) is 29.3 Å². The molecule has 0 bridgehead atoms. The standard InChI is InChI=1S/C8H13N3OS/c1-9-4-2-6-13-8-10-5-3-7(12)11-8/h3,5,9H,2,4,6H2,1H3,(H,10,11,12). The number of hydrogen-bond donors (Lipinski definition) is 2. The van der Waals surface area contributed by atoms with Crippen LogP contribution in [0, 0.1) is 0 Å². The number of aromatic amines is 1. The number of hydrogen-bond acceptors (Lipinski definition) is 4. The molecular weight excluding hydrogens is 186 g/mol. The van der Waals surface area contributed by atoms with E-state index in [0.29, 0.717) is 5.16 Å². The van der Waals surface area contributed by atoms with E-state index in [4.69, 9.17) is 0 Å². The molecule has 1 heterocycles. The Morgan fingerprint density at radius 1 is 1.69 bits per heavy atom. The lowest BCUT2D eigenvalue weighted by atomic mass is 10.5. The molecule has 0 saturated carbocycles. The molecule has 2 N–H and O–H groups in total. The minimum atomic E-state index is -0.0916. The second-order valence-electron chi connectivity index (χ2n) is 2.54. The Morgan fingerprint density at radius 3 is 3.23 bits per heavy atom. The zero-order chi connectivity index (χ0) is 9.52. The van der Waals surface area contributed by atoms with Crippen LogP contribution >= 0.6 is 11.8 Å². The van der Waals surface area contributed by atoms with Crippen LogP contribution < -0.4 is 10.9 Å². The Kier molecular flexibility index (Phi) is 4.56. The van der Waals surface area contributed by atoms with Crippen LogP contribution in [-0.2, 0) is 0 Å². The van der Waals surface area contributed by atoms with Crippen molar-refractivity contribution in [2.75, 3.05) is 19.3 Å². The molecule has 1 rings (SSSR count). The molecule has 0 aromatic carbocycles. The SMILES string of the molecule is CNCCCSc1nccc(=O)[nH]1. The van der Waals surface area contributed by atoms with Crippen LogP contribution in [0.1, 0.15) is 6.42 Å². The largest absolute Gasteiger partial charge is 0.320 e. The second kappa shape index (κ2) is 5.77. The van der Waals surface area contributed by atoms with Gasteiger partial charge < -0.3 is 10.3 Å². The summed E-state index contributed by atoms with van der Waals surface area (Å²) in [7, 11) is 1.92. The van der Waals surface area contributed by atoms with Crippen molar-refractivity contribution in [1.82, 2.24) is 15.3 Å². The third kappa shape index (κ3) is 4.10. The molecule has 0 atom stereocenters. The second-order valence-corrected chi connectivity index (χ2v) is 3.63. The Hall–Kier alpha value is -0.810. The van der Waals surface area contributed by atoms with Gasteiger partial charge in [0.1, 0.15) is 0 Å². The maximum absolute atomic E-state index is 10.9.